The van der Waals surface area contributed by atoms with Crippen molar-refractivity contribution < 1.29 is 9.84 Å². The molecule has 20 heavy (non-hydrogen) atoms. The van der Waals surface area contributed by atoms with Crippen LogP contribution in [0.3, 0.4) is 0 Å². The Morgan fingerprint density at radius 1 is 1.05 bits per heavy atom. The highest BCUT2D eigenvalue weighted by atomic mass is 35.5. The van der Waals surface area contributed by atoms with Gasteiger partial charge in [-0.25, -0.2) is 0 Å². The first kappa shape index (κ1) is 14.7. The third-order valence-corrected chi connectivity index (χ3v) is 3.35. The standard InChI is InChI=1S/C16H18ClNO2/c1-20-16-8-6-15(7-9-16)18(10-11-19)12-13-2-4-14(17)5-3-13/h2-9,19H,10-12H2,1H3. The van der Waals surface area contributed by atoms with E-state index in [-0.39, 0.29) is 6.61 Å². The van der Waals surface area contributed by atoms with Crippen LogP contribution in [-0.2, 0) is 6.54 Å². The Morgan fingerprint density at radius 3 is 2.25 bits per heavy atom. The number of ether oxygens (including phenoxy) is 1. The molecule has 0 radical (unpaired) electrons. The second-order valence-electron chi connectivity index (χ2n) is 4.47. The number of hydrogen-bond acceptors (Lipinski definition) is 3. The molecule has 0 saturated heterocycles. The number of aliphatic hydroxyl groups is 1. The molecule has 0 fully saturated rings. The van der Waals surface area contributed by atoms with Crippen molar-refractivity contribution in [2.75, 3.05) is 25.2 Å². The van der Waals surface area contributed by atoms with Crippen LogP contribution in [0.2, 0.25) is 5.02 Å². The van der Waals surface area contributed by atoms with Gasteiger partial charge in [0.25, 0.3) is 0 Å². The Labute approximate surface area is 124 Å². The average molecular weight is 292 g/mol. The van der Waals surface area contributed by atoms with Crippen LogP contribution in [0.4, 0.5) is 5.69 Å². The zero-order valence-electron chi connectivity index (χ0n) is 11.4. The van der Waals surface area contributed by atoms with Crippen LogP contribution in [0.1, 0.15) is 5.56 Å². The molecular weight excluding hydrogens is 274 g/mol. The summed E-state index contributed by atoms with van der Waals surface area (Å²) in [4.78, 5) is 2.11. The minimum atomic E-state index is 0.111. The zero-order chi connectivity index (χ0) is 14.4. The average Bonchev–Trinajstić information content (AvgIpc) is 2.49. The second-order valence-corrected chi connectivity index (χ2v) is 4.91. The lowest BCUT2D eigenvalue weighted by atomic mass is 10.2. The van der Waals surface area contributed by atoms with Gasteiger partial charge >= 0.3 is 0 Å². The van der Waals surface area contributed by atoms with E-state index in [9.17, 15) is 5.11 Å². The van der Waals surface area contributed by atoms with Gasteiger partial charge < -0.3 is 14.7 Å². The molecule has 0 bridgehead atoms. The monoisotopic (exact) mass is 291 g/mol. The van der Waals surface area contributed by atoms with E-state index in [1.807, 2.05) is 48.5 Å². The highest BCUT2D eigenvalue weighted by molar-refractivity contribution is 6.30. The number of benzene rings is 2. The molecule has 0 atom stereocenters. The first-order valence-electron chi connectivity index (χ1n) is 6.47. The molecule has 2 aromatic rings. The predicted octanol–water partition coefficient (Wildman–Crippen LogP) is 3.35. The van der Waals surface area contributed by atoms with Gasteiger partial charge in [0.1, 0.15) is 5.75 Å². The lowest BCUT2D eigenvalue weighted by Gasteiger charge is -2.24. The van der Waals surface area contributed by atoms with E-state index >= 15 is 0 Å². The first-order chi connectivity index (χ1) is 9.72. The van der Waals surface area contributed by atoms with Gasteiger partial charge in [-0.1, -0.05) is 23.7 Å². The third-order valence-electron chi connectivity index (χ3n) is 3.09. The highest BCUT2D eigenvalue weighted by Crippen LogP contribution is 2.21. The van der Waals surface area contributed by atoms with E-state index in [4.69, 9.17) is 16.3 Å². The maximum Gasteiger partial charge on any atom is 0.119 e. The van der Waals surface area contributed by atoms with Crippen LogP contribution < -0.4 is 9.64 Å². The number of anilines is 1. The molecule has 106 valence electrons. The van der Waals surface area contributed by atoms with Crippen molar-refractivity contribution in [1.82, 2.24) is 0 Å². The Hall–Kier alpha value is -1.71. The van der Waals surface area contributed by atoms with Gasteiger partial charge in [-0.15, -0.1) is 0 Å². The number of halogens is 1. The summed E-state index contributed by atoms with van der Waals surface area (Å²) in [6.07, 6.45) is 0. The highest BCUT2D eigenvalue weighted by Gasteiger charge is 2.07. The number of methoxy groups -OCH3 is 1. The molecule has 0 aliphatic heterocycles. The van der Waals surface area contributed by atoms with Crippen LogP contribution in [0.5, 0.6) is 5.75 Å². The summed E-state index contributed by atoms with van der Waals surface area (Å²) in [5, 5.41) is 9.96. The molecule has 3 nitrogen and oxygen atoms in total. The maximum atomic E-state index is 9.23. The topological polar surface area (TPSA) is 32.7 Å². The fraction of sp³-hybridized carbons (Fsp3) is 0.250. The quantitative estimate of drug-likeness (QED) is 0.886. The smallest absolute Gasteiger partial charge is 0.119 e. The van der Waals surface area contributed by atoms with E-state index in [1.165, 1.54) is 0 Å². The number of aliphatic hydroxyl groups excluding tert-OH is 1. The second kappa shape index (κ2) is 7.17. The zero-order valence-corrected chi connectivity index (χ0v) is 12.2. The third kappa shape index (κ3) is 3.89. The molecule has 2 aromatic carbocycles. The van der Waals surface area contributed by atoms with Crippen molar-refractivity contribution in [2.45, 2.75) is 6.54 Å². The number of nitrogens with zero attached hydrogens (tertiary/aromatic N) is 1. The maximum absolute atomic E-state index is 9.23. The summed E-state index contributed by atoms with van der Waals surface area (Å²) < 4.78 is 5.16. The summed E-state index contributed by atoms with van der Waals surface area (Å²) in [6.45, 7) is 1.42. The minimum Gasteiger partial charge on any atom is -0.497 e. The lowest BCUT2D eigenvalue weighted by molar-refractivity contribution is 0.301. The molecule has 0 aliphatic carbocycles. The van der Waals surface area contributed by atoms with Gasteiger partial charge in [0, 0.05) is 23.8 Å². The van der Waals surface area contributed by atoms with Gasteiger partial charge in [-0.3, -0.25) is 0 Å². The van der Waals surface area contributed by atoms with Crippen LogP contribution in [0.25, 0.3) is 0 Å². The molecule has 2 rings (SSSR count). The Morgan fingerprint density at radius 2 is 1.70 bits per heavy atom. The summed E-state index contributed by atoms with van der Waals surface area (Å²) in [6, 6.07) is 15.6. The van der Waals surface area contributed by atoms with Crippen LogP contribution >= 0.6 is 11.6 Å². The molecule has 0 aliphatic rings. The summed E-state index contributed by atoms with van der Waals surface area (Å²) >= 11 is 5.89. The van der Waals surface area contributed by atoms with Crippen molar-refractivity contribution in [3.05, 3.63) is 59.1 Å². The Bertz CT molecular complexity index is 525. The summed E-state index contributed by atoms with van der Waals surface area (Å²) in [7, 11) is 1.65. The van der Waals surface area contributed by atoms with Crippen molar-refractivity contribution >= 4 is 17.3 Å². The minimum absolute atomic E-state index is 0.111. The molecule has 1 N–H and O–H groups in total. The Kier molecular flexibility index (Phi) is 5.27. The van der Waals surface area contributed by atoms with E-state index in [0.717, 1.165) is 28.6 Å². The van der Waals surface area contributed by atoms with Gasteiger partial charge in [-0.05, 0) is 42.0 Å². The largest absolute Gasteiger partial charge is 0.497 e. The molecule has 0 aromatic heterocycles. The molecule has 0 unspecified atom stereocenters. The fourth-order valence-corrected chi connectivity index (χ4v) is 2.15. The van der Waals surface area contributed by atoms with E-state index in [0.29, 0.717) is 6.54 Å². The summed E-state index contributed by atoms with van der Waals surface area (Å²) in [5.41, 5.74) is 2.20. The molecule has 0 saturated carbocycles. The van der Waals surface area contributed by atoms with Crippen LogP contribution in [0, 0.1) is 0 Å². The van der Waals surface area contributed by atoms with Gasteiger partial charge in [0.05, 0.1) is 13.7 Å². The molecule has 4 heteroatoms. The lowest BCUT2D eigenvalue weighted by Crippen LogP contribution is -2.25. The summed E-state index contributed by atoms with van der Waals surface area (Å²) in [5.74, 6) is 0.823. The number of hydrogen-bond donors (Lipinski definition) is 1. The van der Waals surface area contributed by atoms with E-state index in [1.54, 1.807) is 7.11 Å². The van der Waals surface area contributed by atoms with Gasteiger partial charge in [-0.2, -0.15) is 0 Å². The molecule has 0 amide bonds. The van der Waals surface area contributed by atoms with Crippen molar-refractivity contribution in [2.24, 2.45) is 0 Å². The SMILES string of the molecule is COc1ccc(N(CCO)Cc2ccc(Cl)cc2)cc1. The van der Waals surface area contributed by atoms with Crippen molar-refractivity contribution in [3.63, 3.8) is 0 Å². The first-order valence-corrected chi connectivity index (χ1v) is 6.85. The van der Waals surface area contributed by atoms with E-state index < -0.39 is 0 Å². The van der Waals surface area contributed by atoms with Gasteiger partial charge in [0.2, 0.25) is 0 Å². The Balaban J connectivity index is 2.14. The predicted molar refractivity (Wildman–Crippen MR) is 82.6 cm³/mol. The van der Waals surface area contributed by atoms with Crippen molar-refractivity contribution in [1.29, 1.82) is 0 Å². The van der Waals surface area contributed by atoms with E-state index in [2.05, 4.69) is 4.90 Å². The number of rotatable bonds is 6. The van der Waals surface area contributed by atoms with Crippen molar-refractivity contribution in [3.8, 4) is 5.75 Å². The molecule has 0 spiro atoms. The van der Waals surface area contributed by atoms with Crippen LogP contribution in [-0.4, -0.2) is 25.4 Å². The van der Waals surface area contributed by atoms with Crippen LogP contribution in [0.15, 0.2) is 48.5 Å². The van der Waals surface area contributed by atoms with Gasteiger partial charge in [0.15, 0.2) is 0 Å². The fourth-order valence-electron chi connectivity index (χ4n) is 2.02. The normalized spacial score (nSPS) is 10.3. The molecular formula is C16H18ClNO2. The molecule has 0 heterocycles.